The smallest absolute Gasteiger partial charge is 0.319 e. The number of methoxy groups -OCH3 is 2. The molecule has 1 heterocycles. The van der Waals surface area contributed by atoms with Gasteiger partial charge in [-0.15, -0.1) is 0 Å². The van der Waals surface area contributed by atoms with Gasteiger partial charge in [0.25, 0.3) is 0 Å². The van der Waals surface area contributed by atoms with E-state index < -0.39 is 23.7 Å². The van der Waals surface area contributed by atoms with Crippen LogP contribution in [0, 0.1) is 17.2 Å². The van der Waals surface area contributed by atoms with Gasteiger partial charge in [0, 0.05) is 11.6 Å². The Kier molecular flexibility index (Phi) is 9.22. The van der Waals surface area contributed by atoms with Crippen LogP contribution in [0.25, 0.3) is 0 Å². The molecule has 1 aliphatic heterocycles. The van der Waals surface area contributed by atoms with Crippen molar-refractivity contribution in [3.8, 4) is 17.6 Å². The largest absolute Gasteiger partial charge is 0.497 e. The number of rotatable bonds is 9. The van der Waals surface area contributed by atoms with Gasteiger partial charge in [-0.25, -0.2) is 0 Å². The van der Waals surface area contributed by atoms with Crippen molar-refractivity contribution in [2.75, 3.05) is 31.9 Å². The van der Waals surface area contributed by atoms with E-state index >= 15 is 0 Å². The second-order valence-electron chi connectivity index (χ2n) is 7.51. The van der Waals surface area contributed by atoms with Crippen LogP contribution < -0.4 is 20.1 Å². The fraction of sp³-hybridized carbons (Fsp3) is 0.280. The van der Waals surface area contributed by atoms with Gasteiger partial charge in [-0.05, 0) is 48.9 Å². The number of hydrogen-bond donors (Lipinski definition) is 2. The normalized spacial score (nSPS) is 17.0. The number of ether oxygens (including phenoxy) is 3. The highest BCUT2D eigenvalue weighted by Crippen LogP contribution is 2.42. The van der Waals surface area contributed by atoms with E-state index in [0.29, 0.717) is 29.4 Å². The van der Waals surface area contributed by atoms with Crippen LogP contribution >= 0.6 is 23.4 Å². The van der Waals surface area contributed by atoms with Crippen LogP contribution in [0.4, 0.5) is 5.69 Å². The average Bonchev–Trinajstić information content (AvgIpc) is 2.88. The van der Waals surface area contributed by atoms with Gasteiger partial charge in [-0.1, -0.05) is 29.4 Å². The van der Waals surface area contributed by atoms with E-state index in [2.05, 4.69) is 16.7 Å². The molecule has 188 valence electrons. The number of allylic oxidation sites excluding steroid dienone is 1. The third-order valence-electron chi connectivity index (χ3n) is 5.32. The molecule has 2 aromatic carbocycles. The summed E-state index contributed by atoms with van der Waals surface area (Å²) in [6.07, 6.45) is 0. The first-order valence-corrected chi connectivity index (χ1v) is 12.2. The van der Waals surface area contributed by atoms with Gasteiger partial charge < -0.3 is 24.8 Å². The number of carbonyl (C=O) groups excluding carboxylic acids is 3. The fourth-order valence-corrected chi connectivity index (χ4v) is 4.76. The van der Waals surface area contributed by atoms with Gasteiger partial charge in [0.15, 0.2) is 0 Å². The predicted octanol–water partition coefficient (Wildman–Crippen LogP) is 3.86. The Bertz CT molecular complexity index is 1230. The lowest BCUT2D eigenvalue weighted by Gasteiger charge is -2.31. The SMILES string of the molecule is CCOc1ccc([C@H]2C(C#N)=C(SCC(=O)Nc3ccc(OC)cc3)NC(=O)[C@H]2C(=O)OC)cc1Cl. The molecule has 0 radical (unpaired) electrons. The summed E-state index contributed by atoms with van der Waals surface area (Å²) in [6.45, 7) is 2.21. The van der Waals surface area contributed by atoms with E-state index in [1.54, 1.807) is 49.6 Å². The number of benzene rings is 2. The van der Waals surface area contributed by atoms with Crippen molar-refractivity contribution < 1.29 is 28.6 Å². The number of esters is 1. The van der Waals surface area contributed by atoms with E-state index in [9.17, 15) is 19.6 Å². The molecule has 2 aromatic rings. The Balaban J connectivity index is 1.89. The molecule has 9 nitrogen and oxygen atoms in total. The molecule has 0 bridgehead atoms. The van der Waals surface area contributed by atoms with Gasteiger partial charge >= 0.3 is 5.97 Å². The van der Waals surface area contributed by atoms with Crippen LogP contribution in [0.3, 0.4) is 0 Å². The van der Waals surface area contributed by atoms with Gasteiger partial charge in [0.05, 0.1) is 48.3 Å². The van der Waals surface area contributed by atoms with Crippen LogP contribution in [-0.4, -0.2) is 44.4 Å². The number of carbonyl (C=O) groups is 3. The summed E-state index contributed by atoms with van der Waals surface area (Å²) >= 11 is 7.33. The lowest BCUT2D eigenvalue weighted by molar-refractivity contribution is -0.150. The third-order valence-corrected chi connectivity index (χ3v) is 6.63. The number of hydrogen-bond acceptors (Lipinski definition) is 8. The standard InChI is InChI=1S/C25H24ClN3O6S/c1-4-35-19-10-5-14(11-18(19)26)21-17(12-27)24(29-23(31)22(21)25(32)34-3)36-13-20(30)28-15-6-8-16(33-2)9-7-15/h5-11,21-22H,4,13H2,1-3H3,(H,28,30)(H,29,31)/t21-,22-/m0/s1. The summed E-state index contributed by atoms with van der Waals surface area (Å²) in [5.74, 6) is -3.06. The molecule has 0 aliphatic carbocycles. The Hall–Kier alpha value is -3.68. The van der Waals surface area contributed by atoms with Gasteiger partial charge in [0.2, 0.25) is 11.8 Å². The number of halogens is 1. The maximum Gasteiger partial charge on any atom is 0.319 e. The monoisotopic (exact) mass is 529 g/mol. The van der Waals surface area contributed by atoms with E-state index in [1.165, 1.54) is 7.11 Å². The number of nitriles is 1. The molecule has 2 atom stereocenters. The van der Waals surface area contributed by atoms with Crippen LogP contribution in [0.1, 0.15) is 18.4 Å². The zero-order chi connectivity index (χ0) is 26.2. The summed E-state index contributed by atoms with van der Waals surface area (Å²) in [7, 11) is 2.71. The van der Waals surface area contributed by atoms with Crippen molar-refractivity contribution in [3.63, 3.8) is 0 Å². The lowest BCUT2D eigenvalue weighted by atomic mass is 9.78. The van der Waals surface area contributed by atoms with Crippen LogP contribution in [0.2, 0.25) is 5.02 Å². The first-order chi connectivity index (χ1) is 17.3. The highest BCUT2D eigenvalue weighted by Gasteiger charge is 2.44. The molecular weight excluding hydrogens is 506 g/mol. The maximum absolute atomic E-state index is 13.0. The fourth-order valence-electron chi connectivity index (χ4n) is 3.67. The Labute approximate surface area is 217 Å². The average molecular weight is 530 g/mol. The second kappa shape index (κ2) is 12.3. The lowest BCUT2D eigenvalue weighted by Crippen LogP contribution is -2.44. The summed E-state index contributed by atoms with van der Waals surface area (Å²) in [5, 5.41) is 15.8. The van der Waals surface area contributed by atoms with E-state index in [1.807, 2.05) is 6.92 Å². The van der Waals surface area contributed by atoms with Crippen molar-refractivity contribution in [2.24, 2.45) is 5.92 Å². The molecule has 0 aromatic heterocycles. The molecule has 0 saturated heterocycles. The minimum Gasteiger partial charge on any atom is -0.497 e. The molecule has 0 unspecified atom stereocenters. The van der Waals surface area contributed by atoms with Crippen molar-refractivity contribution in [1.82, 2.24) is 5.32 Å². The Morgan fingerprint density at radius 3 is 2.50 bits per heavy atom. The predicted molar refractivity (Wildman–Crippen MR) is 136 cm³/mol. The van der Waals surface area contributed by atoms with Crippen LogP contribution in [0.5, 0.6) is 11.5 Å². The van der Waals surface area contributed by atoms with E-state index in [0.717, 1.165) is 11.8 Å². The number of nitrogens with zero attached hydrogens (tertiary/aromatic N) is 1. The zero-order valence-corrected chi connectivity index (χ0v) is 21.4. The van der Waals surface area contributed by atoms with Crippen molar-refractivity contribution >= 4 is 46.8 Å². The third kappa shape index (κ3) is 6.11. The zero-order valence-electron chi connectivity index (χ0n) is 19.8. The molecule has 3 rings (SSSR count). The molecule has 36 heavy (non-hydrogen) atoms. The summed E-state index contributed by atoms with van der Waals surface area (Å²) < 4.78 is 15.4. The molecule has 0 fully saturated rings. The van der Waals surface area contributed by atoms with Crippen LogP contribution in [-0.2, 0) is 19.1 Å². The molecule has 1 aliphatic rings. The number of nitrogens with one attached hydrogen (secondary N) is 2. The first kappa shape index (κ1) is 26.9. The van der Waals surface area contributed by atoms with Crippen LogP contribution in [0.15, 0.2) is 53.1 Å². The minimum absolute atomic E-state index is 0.0908. The maximum atomic E-state index is 13.0. The van der Waals surface area contributed by atoms with Crippen molar-refractivity contribution in [2.45, 2.75) is 12.8 Å². The molecule has 11 heteroatoms. The minimum atomic E-state index is -1.31. The molecule has 2 amide bonds. The quantitative estimate of drug-likeness (QED) is 0.370. The highest BCUT2D eigenvalue weighted by atomic mass is 35.5. The van der Waals surface area contributed by atoms with Gasteiger partial charge in [0.1, 0.15) is 17.4 Å². The van der Waals surface area contributed by atoms with Gasteiger partial charge in [-0.2, -0.15) is 5.26 Å². The summed E-state index contributed by atoms with van der Waals surface area (Å²) in [5.41, 5.74) is 1.15. The molecule has 0 saturated carbocycles. The second-order valence-corrected chi connectivity index (χ2v) is 8.90. The van der Waals surface area contributed by atoms with Crippen molar-refractivity contribution in [1.29, 1.82) is 5.26 Å². The molecule has 2 N–H and O–H groups in total. The Morgan fingerprint density at radius 1 is 1.19 bits per heavy atom. The van der Waals surface area contributed by atoms with Crippen molar-refractivity contribution in [3.05, 3.63) is 63.7 Å². The topological polar surface area (TPSA) is 127 Å². The molecule has 0 spiro atoms. The highest BCUT2D eigenvalue weighted by molar-refractivity contribution is 8.03. The summed E-state index contributed by atoms with van der Waals surface area (Å²) in [4.78, 5) is 38.0. The number of thioether (sulfide) groups is 1. The number of amides is 2. The summed E-state index contributed by atoms with van der Waals surface area (Å²) in [6, 6.07) is 13.7. The van der Waals surface area contributed by atoms with Gasteiger partial charge in [-0.3, -0.25) is 14.4 Å². The first-order valence-electron chi connectivity index (χ1n) is 10.8. The Morgan fingerprint density at radius 2 is 1.92 bits per heavy atom. The number of anilines is 1. The van der Waals surface area contributed by atoms with E-state index in [4.69, 9.17) is 25.8 Å². The molecular formula is C25H24ClN3O6S. The van der Waals surface area contributed by atoms with E-state index in [-0.39, 0.29) is 27.3 Å².